The van der Waals surface area contributed by atoms with Crippen LogP contribution in [0.5, 0.6) is 0 Å². The molecule has 106 valence electrons. The molecular formula is C14H29N3O. The molecule has 0 amide bonds. The van der Waals surface area contributed by atoms with Crippen molar-refractivity contribution in [3.8, 4) is 0 Å². The van der Waals surface area contributed by atoms with Gasteiger partial charge >= 0.3 is 0 Å². The molecule has 2 heterocycles. The van der Waals surface area contributed by atoms with E-state index in [-0.39, 0.29) is 12.1 Å². The molecule has 3 unspecified atom stereocenters. The molecule has 0 aromatic carbocycles. The molecule has 0 aromatic rings. The average molecular weight is 255 g/mol. The van der Waals surface area contributed by atoms with Crippen LogP contribution >= 0.6 is 0 Å². The van der Waals surface area contributed by atoms with Crippen molar-refractivity contribution in [1.82, 2.24) is 15.1 Å². The van der Waals surface area contributed by atoms with Crippen molar-refractivity contribution in [3.05, 3.63) is 0 Å². The summed E-state index contributed by atoms with van der Waals surface area (Å²) in [5, 5.41) is 12.7. The molecule has 4 nitrogen and oxygen atoms in total. The molecule has 0 aliphatic carbocycles. The van der Waals surface area contributed by atoms with Gasteiger partial charge in [-0.3, -0.25) is 9.80 Å². The third kappa shape index (κ3) is 3.05. The molecule has 2 rings (SSSR count). The summed E-state index contributed by atoms with van der Waals surface area (Å²) < 4.78 is 0. The second kappa shape index (κ2) is 5.87. The minimum Gasteiger partial charge on any atom is -0.394 e. The number of nitrogens with one attached hydrogen (secondary N) is 1. The number of aliphatic hydroxyl groups is 1. The number of fused-ring (bicyclic) bond motifs is 1. The van der Waals surface area contributed by atoms with Gasteiger partial charge in [-0.1, -0.05) is 0 Å². The zero-order valence-electron chi connectivity index (χ0n) is 12.2. The predicted octanol–water partition coefficient (Wildman–Crippen LogP) is 0.515. The van der Waals surface area contributed by atoms with Crippen molar-refractivity contribution in [3.63, 3.8) is 0 Å². The van der Waals surface area contributed by atoms with E-state index in [1.165, 1.54) is 32.5 Å². The van der Waals surface area contributed by atoms with Gasteiger partial charge in [0, 0.05) is 37.3 Å². The number of rotatable bonds is 5. The van der Waals surface area contributed by atoms with Gasteiger partial charge in [-0.15, -0.1) is 0 Å². The predicted molar refractivity (Wildman–Crippen MR) is 74.8 cm³/mol. The number of piperazine rings is 1. The van der Waals surface area contributed by atoms with E-state index in [1.54, 1.807) is 0 Å². The lowest BCUT2D eigenvalue weighted by molar-refractivity contribution is 0.0485. The summed E-state index contributed by atoms with van der Waals surface area (Å²) in [5.74, 6) is 0. The van der Waals surface area contributed by atoms with Gasteiger partial charge in [0.2, 0.25) is 0 Å². The molecule has 0 spiro atoms. The van der Waals surface area contributed by atoms with Gasteiger partial charge in [0.25, 0.3) is 0 Å². The highest BCUT2D eigenvalue weighted by atomic mass is 16.3. The van der Waals surface area contributed by atoms with Crippen LogP contribution in [0.15, 0.2) is 0 Å². The zero-order chi connectivity index (χ0) is 13.2. The summed E-state index contributed by atoms with van der Waals surface area (Å²) in [4.78, 5) is 5.27. The summed E-state index contributed by atoms with van der Waals surface area (Å²) in [6.07, 6.45) is 3.75. The standard InChI is InChI=1S/C14H29N3O/c1-12-9-17-7-4-5-13(17)10-16(12)8-6-14(2,11-18)15-3/h12-13,15,18H,4-11H2,1-3H3. The van der Waals surface area contributed by atoms with Gasteiger partial charge in [0.1, 0.15) is 0 Å². The van der Waals surface area contributed by atoms with Crippen molar-refractivity contribution in [2.45, 2.75) is 50.7 Å². The Morgan fingerprint density at radius 1 is 1.39 bits per heavy atom. The van der Waals surface area contributed by atoms with E-state index in [0.717, 1.165) is 19.0 Å². The number of likely N-dealkylation sites (N-methyl/N-ethyl adjacent to an activating group) is 1. The molecule has 3 atom stereocenters. The highest BCUT2D eigenvalue weighted by Crippen LogP contribution is 2.25. The monoisotopic (exact) mass is 255 g/mol. The van der Waals surface area contributed by atoms with E-state index in [9.17, 15) is 5.11 Å². The number of aliphatic hydroxyl groups excluding tert-OH is 1. The second-order valence-corrected chi connectivity index (χ2v) is 6.35. The summed E-state index contributed by atoms with van der Waals surface area (Å²) in [5.41, 5.74) is -0.132. The quantitative estimate of drug-likeness (QED) is 0.751. The van der Waals surface area contributed by atoms with Gasteiger partial charge in [-0.2, -0.15) is 0 Å². The van der Waals surface area contributed by atoms with E-state index >= 15 is 0 Å². The molecule has 2 fully saturated rings. The van der Waals surface area contributed by atoms with E-state index in [2.05, 4.69) is 29.0 Å². The molecule has 18 heavy (non-hydrogen) atoms. The highest BCUT2D eigenvalue weighted by Gasteiger charge is 2.34. The van der Waals surface area contributed by atoms with Crippen LogP contribution in [0.1, 0.15) is 33.1 Å². The Morgan fingerprint density at radius 3 is 2.83 bits per heavy atom. The van der Waals surface area contributed by atoms with Crippen LogP contribution in [-0.2, 0) is 0 Å². The first-order valence-electron chi connectivity index (χ1n) is 7.36. The van der Waals surface area contributed by atoms with E-state index < -0.39 is 0 Å². The fraction of sp³-hybridized carbons (Fsp3) is 1.00. The van der Waals surface area contributed by atoms with E-state index in [4.69, 9.17) is 0 Å². The lowest BCUT2D eigenvalue weighted by Crippen LogP contribution is -2.56. The van der Waals surface area contributed by atoms with Crippen molar-refractivity contribution in [2.24, 2.45) is 0 Å². The first-order valence-corrected chi connectivity index (χ1v) is 7.36. The Bertz CT molecular complexity index is 268. The maximum absolute atomic E-state index is 9.44. The van der Waals surface area contributed by atoms with Crippen molar-refractivity contribution in [2.75, 3.05) is 39.8 Å². The largest absolute Gasteiger partial charge is 0.394 e. The molecule has 2 N–H and O–H groups in total. The maximum atomic E-state index is 9.44. The van der Waals surface area contributed by atoms with Gasteiger partial charge in [-0.05, 0) is 46.7 Å². The smallest absolute Gasteiger partial charge is 0.0610 e. The SMILES string of the molecule is CNC(C)(CO)CCN1CC2CCCN2CC1C. The normalized spacial score (nSPS) is 33.3. The summed E-state index contributed by atoms with van der Waals surface area (Å²) in [6, 6.07) is 1.44. The zero-order valence-corrected chi connectivity index (χ0v) is 12.2. The first-order chi connectivity index (χ1) is 8.58. The third-order valence-electron chi connectivity index (χ3n) is 4.97. The van der Waals surface area contributed by atoms with Crippen molar-refractivity contribution < 1.29 is 5.11 Å². The molecule has 0 saturated carbocycles. The number of hydrogen-bond acceptors (Lipinski definition) is 4. The molecular weight excluding hydrogens is 226 g/mol. The Labute approximate surface area is 111 Å². The van der Waals surface area contributed by atoms with Gasteiger partial charge in [0.15, 0.2) is 0 Å². The summed E-state index contributed by atoms with van der Waals surface area (Å²) in [6.45, 7) is 9.47. The van der Waals surface area contributed by atoms with Crippen LogP contribution in [0.4, 0.5) is 0 Å². The van der Waals surface area contributed by atoms with Crippen LogP contribution in [0.25, 0.3) is 0 Å². The molecule has 0 radical (unpaired) electrons. The second-order valence-electron chi connectivity index (χ2n) is 6.35. The number of nitrogens with zero attached hydrogens (tertiary/aromatic N) is 2. The summed E-state index contributed by atoms with van der Waals surface area (Å²) in [7, 11) is 1.94. The molecule has 2 aliphatic heterocycles. The molecule has 4 heteroatoms. The maximum Gasteiger partial charge on any atom is 0.0610 e. The molecule has 0 bridgehead atoms. The number of hydrogen-bond donors (Lipinski definition) is 2. The Kier molecular flexibility index (Phi) is 4.64. The fourth-order valence-corrected chi connectivity index (χ4v) is 3.23. The lowest BCUT2D eigenvalue weighted by atomic mass is 9.97. The first kappa shape index (κ1) is 14.3. The minimum atomic E-state index is -0.132. The van der Waals surface area contributed by atoms with Crippen LogP contribution in [-0.4, -0.2) is 72.4 Å². The third-order valence-corrected chi connectivity index (χ3v) is 4.97. The van der Waals surface area contributed by atoms with Crippen molar-refractivity contribution in [1.29, 1.82) is 0 Å². The van der Waals surface area contributed by atoms with Crippen LogP contribution in [0, 0.1) is 0 Å². The minimum absolute atomic E-state index is 0.132. The highest BCUT2D eigenvalue weighted by molar-refractivity contribution is 4.92. The van der Waals surface area contributed by atoms with Crippen molar-refractivity contribution >= 4 is 0 Å². The van der Waals surface area contributed by atoms with Crippen LogP contribution in [0.3, 0.4) is 0 Å². The topological polar surface area (TPSA) is 38.7 Å². The molecule has 2 aliphatic rings. The molecule has 0 aromatic heterocycles. The lowest BCUT2D eigenvalue weighted by Gasteiger charge is -2.43. The fourth-order valence-electron chi connectivity index (χ4n) is 3.23. The average Bonchev–Trinajstić information content (AvgIpc) is 2.82. The molecule has 2 saturated heterocycles. The van der Waals surface area contributed by atoms with Crippen LogP contribution < -0.4 is 5.32 Å². The Morgan fingerprint density at radius 2 is 2.17 bits per heavy atom. The Balaban J connectivity index is 1.85. The van der Waals surface area contributed by atoms with Crippen LogP contribution in [0.2, 0.25) is 0 Å². The van der Waals surface area contributed by atoms with Gasteiger partial charge in [-0.25, -0.2) is 0 Å². The van der Waals surface area contributed by atoms with Gasteiger partial charge in [0.05, 0.1) is 6.61 Å². The van der Waals surface area contributed by atoms with E-state index in [0.29, 0.717) is 6.04 Å². The van der Waals surface area contributed by atoms with E-state index in [1.807, 2.05) is 7.05 Å². The Hall–Kier alpha value is -0.160. The van der Waals surface area contributed by atoms with Gasteiger partial charge < -0.3 is 10.4 Å². The summed E-state index contributed by atoms with van der Waals surface area (Å²) >= 11 is 0.